The number of piperidine rings is 1. The molecule has 3 N–H and O–H groups in total. The normalized spacial score (nSPS) is 21.4. The smallest absolute Gasteiger partial charge is 0.170 e. The number of likely N-dealkylation sites (tertiary alicyclic amines) is 1. The average Bonchev–Trinajstić information content (AvgIpc) is 2.47. The summed E-state index contributed by atoms with van der Waals surface area (Å²) in [6.07, 6.45) is 2.54. The van der Waals surface area contributed by atoms with Gasteiger partial charge in [0, 0.05) is 24.7 Å². The molecule has 1 aromatic rings. The van der Waals surface area contributed by atoms with Crippen molar-refractivity contribution in [2.45, 2.75) is 25.4 Å². The molecular formula is C15H24N4O. The zero-order valence-corrected chi connectivity index (χ0v) is 12.3. The summed E-state index contributed by atoms with van der Waals surface area (Å²) in [6.45, 7) is 3.27. The van der Waals surface area contributed by atoms with Crippen molar-refractivity contribution in [3.8, 4) is 0 Å². The first-order valence-corrected chi connectivity index (χ1v) is 7.06. The third-order valence-corrected chi connectivity index (χ3v) is 4.01. The summed E-state index contributed by atoms with van der Waals surface area (Å²) in [5.74, 6) is 0.152. The molecule has 110 valence electrons. The highest BCUT2D eigenvalue weighted by molar-refractivity contribution is 5.96. The lowest BCUT2D eigenvalue weighted by molar-refractivity contribution is 0.129. The van der Waals surface area contributed by atoms with E-state index in [2.05, 4.69) is 29.1 Å². The third-order valence-electron chi connectivity index (χ3n) is 4.01. The second-order valence-corrected chi connectivity index (χ2v) is 5.66. The second-order valence-electron chi connectivity index (χ2n) is 5.66. The van der Waals surface area contributed by atoms with Gasteiger partial charge in [-0.25, -0.2) is 0 Å². The van der Waals surface area contributed by atoms with Crippen LogP contribution >= 0.6 is 0 Å². The molecule has 20 heavy (non-hydrogen) atoms. The van der Waals surface area contributed by atoms with Gasteiger partial charge in [-0.05, 0) is 39.0 Å². The quantitative estimate of drug-likeness (QED) is 0.377. The Balaban J connectivity index is 1.95. The Labute approximate surface area is 120 Å². The summed E-state index contributed by atoms with van der Waals surface area (Å²) >= 11 is 0. The first kappa shape index (κ1) is 14.8. The molecule has 0 spiro atoms. The summed E-state index contributed by atoms with van der Waals surface area (Å²) in [5.41, 5.74) is 7.55. The van der Waals surface area contributed by atoms with Gasteiger partial charge in [0.2, 0.25) is 0 Å². The molecule has 1 heterocycles. The number of hydrogen-bond donors (Lipinski definition) is 2. The number of amidine groups is 1. The van der Waals surface area contributed by atoms with E-state index in [-0.39, 0.29) is 5.84 Å². The lowest BCUT2D eigenvalue weighted by Crippen LogP contribution is -2.44. The molecule has 1 saturated heterocycles. The maximum Gasteiger partial charge on any atom is 0.170 e. The number of oxime groups is 1. The zero-order valence-electron chi connectivity index (χ0n) is 12.3. The van der Waals surface area contributed by atoms with Crippen molar-refractivity contribution in [3.63, 3.8) is 0 Å². The van der Waals surface area contributed by atoms with E-state index in [1.807, 2.05) is 24.3 Å². The molecule has 1 aliphatic rings. The van der Waals surface area contributed by atoms with Gasteiger partial charge in [0.05, 0.1) is 0 Å². The van der Waals surface area contributed by atoms with Crippen molar-refractivity contribution in [1.29, 1.82) is 0 Å². The van der Waals surface area contributed by atoms with Crippen LogP contribution in [0.25, 0.3) is 0 Å². The molecule has 0 saturated carbocycles. The molecule has 0 bridgehead atoms. The topological polar surface area (TPSA) is 65.1 Å². The molecule has 1 aliphatic heterocycles. The number of hydrogen-bond acceptors (Lipinski definition) is 4. The largest absolute Gasteiger partial charge is 0.409 e. The Bertz CT molecular complexity index is 457. The zero-order chi connectivity index (χ0) is 14.5. The van der Waals surface area contributed by atoms with Crippen LogP contribution in [-0.2, 0) is 6.54 Å². The van der Waals surface area contributed by atoms with Crippen LogP contribution in [0.2, 0.25) is 0 Å². The van der Waals surface area contributed by atoms with Gasteiger partial charge >= 0.3 is 0 Å². The molecule has 1 unspecified atom stereocenters. The van der Waals surface area contributed by atoms with Crippen molar-refractivity contribution >= 4 is 5.84 Å². The molecule has 0 radical (unpaired) electrons. The second kappa shape index (κ2) is 6.72. The lowest BCUT2D eigenvalue weighted by atomic mass is 10.0. The van der Waals surface area contributed by atoms with E-state index >= 15 is 0 Å². The van der Waals surface area contributed by atoms with E-state index < -0.39 is 0 Å². The van der Waals surface area contributed by atoms with Gasteiger partial charge in [-0.15, -0.1) is 0 Å². The summed E-state index contributed by atoms with van der Waals surface area (Å²) < 4.78 is 0. The highest BCUT2D eigenvalue weighted by Crippen LogP contribution is 2.16. The van der Waals surface area contributed by atoms with Crippen LogP contribution in [0.3, 0.4) is 0 Å². The number of rotatable bonds is 4. The molecule has 1 atom stereocenters. The van der Waals surface area contributed by atoms with Gasteiger partial charge in [0.15, 0.2) is 5.84 Å². The number of nitrogens with two attached hydrogens (primary N) is 1. The van der Waals surface area contributed by atoms with E-state index in [4.69, 9.17) is 10.9 Å². The van der Waals surface area contributed by atoms with E-state index in [0.29, 0.717) is 6.04 Å². The van der Waals surface area contributed by atoms with Gasteiger partial charge in [0.1, 0.15) is 0 Å². The first-order chi connectivity index (χ1) is 9.60. The van der Waals surface area contributed by atoms with Gasteiger partial charge in [-0.3, -0.25) is 4.90 Å². The van der Waals surface area contributed by atoms with Crippen molar-refractivity contribution in [2.75, 3.05) is 27.2 Å². The fraction of sp³-hybridized carbons (Fsp3) is 0.533. The van der Waals surface area contributed by atoms with Crippen molar-refractivity contribution in [1.82, 2.24) is 9.80 Å². The number of likely N-dealkylation sites (N-methyl/N-ethyl adjacent to an activating group) is 2. The first-order valence-electron chi connectivity index (χ1n) is 7.06. The van der Waals surface area contributed by atoms with E-state index in [1.165, 1.54) is 24.9 Å². The molecule has 1 fully saturated rings. The molecular weight excluding hydrogens is 252 g/mol. The van der Waals surface area contributed by atoms with Crippen molar-refractivity contribution < 1.29 is 5.21 Å². The monoisotopic (exact) mass is 276 g/mol. The van der Waals surface area contributed by atoms with Crippen molar-refractivity contribution in [2.24, 2.45) is 10.9 Å². The SMILES string of the molecule is CN1CCCC(N(C)Cc2ccc(C(N)=NO)cc2)C1. The van der Waals surface area contributed by atoms with Crippen LogP contribution < -0.4 is 5.73 Å². The molecule has 1 aromatic carbocycles. The molecule has 5 nitrogen and oxygen atoms in total. The summed E-state index contributed by atoms with van der Waals surface area (Å²) in [6, 6.07) is 8.49. The van der Waals surface area contributed by atoms with Crippen LogP contribution in [0.15, 0.2) is 29.4 Å². The van der Waals surface area contributed by atoms with Crippen LogP contribution in [0, 0.1) is 0 Å². The van der Waals surface area contributed by atoms with E-state index in [9.17, 15) is 0 Å². The highest BCUT2D eigenvalue weighted by atomic mass is 16.4. The molecule has 2 rings (SSSR count). The van der Waals surface area contributed by atoms with Gasteiger partial charge in [-0.1, -0.05) is 29.4 Å². The fourth-order valence-corrected chi connectivity index (χ4v) is 2.75. The lowest BCUT2D eigenvalue weighted by Gasteiger charge is -2.35. The van der Waals surface area contributed by atoms with Gasteiger partial charge < -0.3 is 15.8 Å². The number of nitrogens with zero attached hydrogens (tertiary/aromatic N) is 3. The Morgan fingerprint density at radius 3 is 2.75 bits per heavy atom. The Hall–Kier alpha value is -1.59. The van der Waals surface area contributed by atoms with Crippen LogP contribution in [-0.4, -0.2) is 54.1 Å². The molecule has 5 heteroatoms. The van der Waals surface area contributed by atoms with E-state index in [0.717, 1.165) is 18.7 Å². The predicted molar refractivity (Wildman–Crippen MR) is 80.9 cm³/mol. The maximum absolute atomic E-state index is 8.65. The summed E-state index contributed by atoms with van der Waals surface area (Å²) in [7, 11) is 4.37. The standard InChI is InChI=1S/C15H24N4O/c1-18-9-3-4-14(11-18)19(2)10-12-5-7-13(8-6-12)15(16)17-20/h5-8,14,20H,3-4,9-11H2,1-2H3,(H2,16,17). The maximum atomic E-state index is 8.65. The number of benzene rings is 1. The van der Waals surface area contributed by atoms with Crippen LogP contribution in [0.4, 0.5) is 0 Å². The predicted octanol–water partition coefficient (Wildman–Crippen LogP) is 1.31. The minimum absolute atomic E-state index is 0.152. The average molecular weight is 276 g/mol. The summed E-state index contributed by atoms with van der Waals surface area (Å²) in [5, 5.41) is 11.7. The summed E-state index contributed by atoms with van der Waals surface area (Å²) in [4.78, 5) is 4.81. The molecule has 0 aliphatic carbocycles. The fourth-order valence-electron chi connectivity index (χ4n) is 2.75. The van der Waals surface area contributed by atoms with Crippen LogP contribution in [0.5, 0.6) is 0 Å². The minimum atomic E-state index is 0.152. The van der Waals surface area contributed by atoms with Gasteiger partial charge in [-0.2, -0.15) is 0 Å². The molecule has 0 amide bonds. The van der Waals surface area contributed by atoms with Crippen molar-refractivity contribution in [3.05, 3.63) is 35.4 Å². The Morgan fingerprint density at radius 2 is 2.15 bits per heavy atom. The van der Waals surface area contributed by atoms with Gasteiger partial charge in [0.25, 0.3) is 0 Å². The Kier molecular flexibility index (Phi) is 4.98. The Morgan fingerprint density at radius 1 is 1.45 bits per heavy atom. The molecule has 0 aromatic heterocycles. The third kappa shape index (κ3) is 3.71. The highest BCUT2D eigenvalue weighted by Gasteiger charge is 2.20. The van der Waals surface area contributed by atoms with E-state index in [1.54, 1.807) is 0 Å². The van der Waals surface area contributed by atoms with Crippen LogP contribution in [0.1, 0.15) is 24.0 Å². The minimum Gasteiger partial charge on any atom is -0.409 e.